The number of nitriles is 1. The number of H-pyrrole nitrogens is 1. The summed E-state index contributed by atoms with van der Waals surface area (Å²) in [4.78, 5) is 3.41. The predicted octanol–water partition coefficient (Wildman–Crippen LogP) is 4.53. The number of hydrogen-bond donors (Lipinski definition) is 1. The first-order chi connectivity index (χ1) is 9.81. The van der Waals surface area contributed by atoms with Crippen LogP contribution in [0.4, 0.5) is 0 Å². The van der Waals surface area contributed by atoms with Crippen molar-refractivity contribution in [3.05, 3.63) is 71.8 Å². The summed E-state index contributed by atoms with van der Waals surface area (Å²) in [5.74, 6) is 0. The fourth-order valence-corrected chi connectivity index (χ4v) is 2.45. The molecule has 0 aliphatic carbocycles. The average Bonchev–Trinajstić information content (AvgIpc) is 2.86. The Hall–Kier alpha value is -2.79. The van der Waals surface area contributed by atoms with Gasteiger partial charge in [0.1, 0.15) is 6.07 Å². The number of nitrogens with one attached hydrogen (secondary N) is 1. The van der Waals surface area contributed by atoms with Crippen LogP contribution in [0.15, 0.2) is 60.7 Å². The van der Waals surface area contributed by atoms with E-state index in [0.29, 0.717) is 0 Å². The van der Waals surface area contributed by atoms with E-state index in [9.17, 15) is 5.26 Å². The smallest absolute Gasteiger partial charge is 0.102 e. The van der Waals surface area contributed by atoms with E-state index >= 15 is 0 Å². The Bertz CT molecular complexity index is 762. The number of benzene rings is 2. The molecule has 1 N–H and O–H groups in total. The zero-order chi connectivity index (χ0) is 13.9. The molecule has 0 fully saturated rings. The van der Waals surface area contributed by atoms with Crippen molar-refractivity contribution in [3.63, 3.8) is 0 Å². The maximum atomic E-state index is 9.45. The van der Waals surface area contributed by atoms with Crippen LogP contribution in [-0.4, -0.2) is 4.98 Å². The first kappa shape index (κ1) is 12.3. The summed E-state index contributed by atoms with van der Waals surface area (Å²) >= 11 is 0. The Labute approximate surface area is 118 Å². The second-order valence-corrected chi connectivity index (χ2v) is 4.72. The van der Waals surface area contributed by atoms with E-state index in [-0.39, 0.29) is 0 Å². The van der Waals surface area contributed by atoms with Crippen molar-refractivity contribution < 1.29 is 0 Å². The van der Waals surface area contributed by atoms with Crippen LogP contribution in [0.2, 0.25) is 0 Å². The number of hydrogen-bond acceptors (Lipinski definition) is 1. The van der Waals surface area contributed by atoms with E-state index in [1.807, 2.05) is 55.5 Å². The van der Waals surface area contributed by atoms with E-state index in [1.165, 1.54) is 0 Å². The van der Waals surface area contributed by atoms with Gasteiger partial charge < -0.3 is 4.98 Å². The quantitative estimate of drug-likeness (QED) is 0.720. The molecule has 1 heterocycles. The SMILES string of the molecule is Cc1c(-c2ccccc2)[nH]c(-c2ccccc2)c1C#N. The summed E-state index contributed by atoms with van der Waals surface area (Å²) in [5.41, 5.74) is 5.76. The van der Waals surface area contributed by atoms with E-state index in [2.05, 4.69) is 23.2 Å². The van der Waals surface area contributed by atoms with Gasteiger partial charge in [0, 0.05) is 0 Å². The molecule has 2 heteroatoms. The van der Waals surface area contributed by atoms with Crippen molar-refractivity contribution >= 4 is 0 Å². The summed E-state index contributed by atoms with van der Waals surface area (Å²) in [6.45, 7) is 1.99. The largest absolute Gasteiger partial charge is 0.353 e. The van der Waals surface area contributed by atoms with Crippen LogP contribution < -0.4 is 0 Å². The van der Waals surface area contributed by atoms with E-state index < -0.39 is 0 Å². The van der Waals surface area contributed by atoms with Gasteiger partial charge >= 0.3 is 0 Å². The second kappa shape index (κ2) is 5.07. The molecular formula is C18H14N2. The molecule has 0 saturated carbocycles. The van der Waals surface area contributed by atoms with Crippen LogP contribution in [0.3, 0.4) is 0 Å². The minimum Gasteiger partial charge on any atom is -0.353 e. The Morgan fingerprint density at radius 3 is 1.80 bits per heavy atom. The monoisotopic (exact) mass is 258 g/mol. The first-order valence-electron chi connectivity index (χ1n) is 6.54. The highest BCUT2D eigenvalue weighted by atomic mass is 14.7. The van der Waals surface area contributed by atoms with E-state index in [1.54, 1.807) is 0 Å². The molecule has 0 aliphatic heterocycles. The van der Waals surface area contributed by atoms with E-state index in [0.717, 1.165) is 33.6 Å². The van der Waals surface area contributed by atoms with Crippen molar-refractivity contribution in [2.75, 3.05) is 0 Å². The standard InChI is InChI=1S/C18H14N2/c1-13-16(12-19)18(15-10-6-3-7-11-15)20-17(13)14-8-4-2-5-9-14/h2-11,20H,1H3. The number of nitrogens with zero attached hydrogens (tertiary/aromatic N) is 1. The van der Waals surface area contributed by atoms with Gasteiger partial charge in [-0.25, -0.2) is 0 Å². The zero-order valence-corrected chi connectivity index (χ0v) is 11.2. The molecule has 2 nitrogen and oxygen atoms in total. The molecule has 3 rings (SSSR count). The summed E-state index contributed by atoms with van der Waals surface area (Å²) in [7, 11) is 0. The molecule has 0 amide bonds. The molecule has 0 unspecified atom stereocenters. The van der Waals surface area contributed by atoms with Crippen molar-refractivity contribution in [3.8, 4) is 28.6 Å². The Morgan fingerprint density at radius 2 is 1.30 bits per heavy atom. The normalized spacial score (nSPS) is 10.2. The Balaban J connectivity index is 2.22. The maximum absolute atomic E-state index is 9.45. The second-order valence-electron chi connectivity index (χ2n) is 4.72. The predicted molar refractivity (Wildman–Crippen MR) is 81.1 cm³/mol. The topological polar surface area (TPSA) is 39.6 Å². The van der Waals surface area contributed by atoms with Gasteiger partial charge in [-0.1, -0.05) is 60.7 Å². The lowest BCUT2D eigenvalue weighted by Gasteiger charge is -2.00. The van der Waals surface area contributed by atoms with Crippen LogP contribution in [-0.2, 0) is 0 Å². The molecule has 3 aromatic rings. The Kier molecular flexibility index (Phi) is 3.10. The lowest BCUT2D eigenvalue weighted by Crippen LogP contribution is -1.81. The molecular weight excluding hydrogens is 244 g/mol. The zero-order valence-electron chi connectivity index (χ0n) is 11.2. The lowest BCUT2D eigenvalue weighted by molar-refractivity contribution is 1.37. The third-order valence-corrected chi connectivity index (χ3v) is 3.49. The van der Waals surface area contributed by atoms with Gasteiger partial charge in [-0.2, -0.15) is 5.26 Å². The summed E-state index contributed by atoms with van der Waals surface area (Å²) in [6, 6.07) is 22.4. The number of aromatic amines is 1. The molecule has 2 aromatic carbocycles. The molecule has 0 aliphatic rings. The van der Waals surface area contributed by atoms with Gasteiger partial charge in [0.2, 0.25) is 0 Å². The van der Waals surface area contributed by atoms with Crippen LogP contribution >= 0.6 is 0 Å². The molecule has 20 heavy (non-hydrogen) atoms. The molecule has 0 atom stereocenters. The van der Waals surface area contributed by atoms with Crippen LogP contribution in [0, 0.1) is 18.3 Å². The number of rotatable bonds is 2. The molecule has 0 saturated heterocycles. The first-order valence-corrected chi connectivity index (χ1v) is 6.54. The van der Waals surface area contributed by atoms with Gasteiger partial charge in [-0.15, -0.1) is 0 Å². The maximum Gasteiger partial charge on any atom is 0.102 e. The third kappa shape index (κ3) is 2.00. The highest BCUT2D eigenvalue weighted by Gasteiger charge is 2.15. The minimum absolute atomic E-state index is 0.718. The van der Waals surface area contributed by atoms with Gasteiger partial charge in [-0.05, 0) is 23.6 Å². The van der Waals surface area contributed by atoms with Crippen LogP contribution in [0.1, 0.15) is 11.1 Å². The van der Waals surface area contributed by atoms with Crippen LogP contribution in [0.25, 0.3) is 22.5 Å². The lowest BCUT2D eigenvalue weighted by atomic mass is 10.0. The fraction of sp³-hybridized carbons (Fsp3) is 0.0556. The van der Waals surface area contributed by atoms with Crippen molar-refractivity contribution in [2.24, 2.45) is 0 Å². The van der Waals surface area contributed by atoms with Gasteiger partial charge in [0.25, 0.3) is 0 Å². The van der Waals surface area contributed by atoms with Crippen molar-refractivity contribution in [1.82, 2.24) is 4.98 Å². The summed E-state index contributed by atoms with van der Waals surface area (Å²) in [6.07, 6.45) is 0. The van der Waals surface area contributed by atoms with Crippen LogP contribution in [0.5, 0.6) is 0 Å². The van der Waals surface area contributed by atoms with E-state index in [4.69, 9.17) is 0 Å². The van der Waals surface area contributed by atoms with Crippen molar-refractivity contribution in [1.29, 1.82) is 5.26 Å². The number of aromatic nitrogens is 1. The molecule has 0 bridgehead atoms. The summed E-state index contributed by atoms with van der Waals surface area (Å²) in [5, 5.41) is 9.45. The van der Waals surface area contributed by atoms with Gasteiger partial charge in [0.05, 0.1) is 17.0 Å². The highest BCUT2D eigenvalue weighted by molar-refractivity contribution is 5.78. The molecule has 96 valence electrons. The molecule has 1 aromatic heterocycles. The fourth-order valence-electron chi connectivity index (χ4n) is 2.45. The van der Waals surface area contributed by atoms with Gasteiger partial charge in [-0.3, -0.25) is 0 Å². The molecule has 0 spiro atoms. The minimum atomic E-state index is 0.718. The van der Waals surface area contributed by atoms with Crippen molar-refractivity contribution in [2.45, 2.75) is 6.92 Å². The highest BCUT2D eigenvalue weighted by Crippen LogP contribution is 2.32. The third-order valence-electron chi connectivity index (χ3n) is 3.49. The summed E-state index contributed by atoms with van der Waals surface area (Å²) < 4.78 is 0. The Morgan fingerprint density at radius 1 is 0.800 bits per heavy atom. The van der Waals surface area contributed by atoms with Gasteiger partial charge in [0.15, 0.2) is 0 Å². The molecule has 0 radical (unpaired) electrons. The average molecular weight is 258 g/mol.